The van der Waals surface area contributed by atoms with Crippen molar-refractivity contribution in [3.63, 3.8) is 0 Å². The Kier molecular flexibility index (Phi) is 7.81. The SMILES string of the molecule is O=C(Nc1ccc(N2CCOCC2)cc1)[C@@H]1CCCN(S(=O)(=O)Cc2c(Cl)cccc2Cl)C1. The summed E-state index contributed by atoms with van der Waals surface area (Å²) in [5.41, 5.74) is 2.16. The molecular weight excluding hydrogens is 485 g/mol. The summed E-state index contributed by atoms with van der Waals surface area (Å²) in [6, 6.07) is 12.6. The monoisotopic (exact) mass is 511 g/mol. The Bertz CT molecular complexity index is 1070. The third-order valence-corrected chi connectivity index (χ3v) is 8.53. The highest BCUT2D eigenvalue weighted by Gasteiger charge is 2.33. The van der Waals surface area contributed by atoms with Crippen molar-refractivity contribution in [1.82, 2.24) is 4.31 Å². The van der Waals surface area contributed by atoms with Gasteiger partial charge in [-0.2, -0.15) is 0 Å². The zero-order chi connectivity index (χ0) is 23.4. The zero-order valence-corrected chi connectivity index (χ0v) is 20.5. The van der Waals surface area contributed by atoms with E-state index in [-0.39, 0.29) is 18.2 Å². The van der Waals surface area contributed by atoms with E-state index >= 15 is 0 Å². The van der Waals surface area contributed by atoms with Gasteiger partial charge in [-0.25, -0.2) is 12.7 Å². The van der Waals surface area contributed by atoms with Gasteiger partial charge in [-0.1, -0.05) is 29.3 Å². The number of benzene rings is 2. The summed E-state index contributed by atoms with van der Waals surface area (Å²) in [7, 11) is -3.67. The van der Waals surface area contributed by atoms with E-state index in [1.54, 1.807) is 18.2 Å². The predicted molar refractivity (Wildman–Crippen MR) is 131 cm³/mol. The van der Waals surface area contributed by atoms with Gasteiger partial charge in [0.1, 0.15) is 0 Å². The molecule has 1 atom stereocenters. The van der Waals surface area contributed by atoms with Crippen molar-refractivity contribution in [2.24, 2.45) is 5.92 Å². The lowest BCUT2D eigenvalue weighted by atomic mass is 9.98. The number of sulfonamides is 1. The van der Waals surface area contributed by atoms with Crippen molar-refractivity contribution in [2.45, 2.75) is 18.6 Å². The van der Waals surface area contributed by atoms with Crippen LogP contribution >= 0.6 is 23.2 Å². The third-order valence-electron chi connectivity index (χ3n) is 6.05. The first-order chi connectivity index (χ1) is 15.8. The Labute approximate surface area is 204 Å². The molecule has 0 bridgehead atoms. The number of nitrogens with zero attached hydrogens (tertiary/aromatic N) is 2. The number of hydrogen-bond acceptors (Lipinski definition) is 5. The Morgan fingerprint density at radius 1 is 1.03 bits per heavy atom. The van der Waals surface area contributed by atoms with Crippen LogP contribution in [0, 0.1) is 5.92 Å². The molecule has 0 spiro atoms. The van der Waals surface area contributed by atoms with Gasteiger partial charge in [0.2, 0.25) is 15.9 Å². The van der Waals surface area contributed by atoms with E-state index in [1.165, 1.54) is 4.31 Å². The van der Waals surface area contributed by atoms with Crippen molar-refractivity contribution in [1.29, 1.82) is 0 Å². The summed E-state index contributed by atoms with van der Waals surface area (Å²) < 4.78 is 32.8. The zero-order valence-electron chi connectivity index (χ0n) is 18.2. The van der Waals surface area contributed by atoms with Gasteiger partial charge in [-0.3, -0.25) is 4.79 Å². The van der Waals surface area contributed by atoms with Crippen LogP contribution in [0.3, 0.4) is 0 Å². The molecule has 0 aliphatic carbocycles. The van der Waals surface area contributed by atoms with Crippen LogP contribution < -0.4 is 10.2 Å². The summed E-state index contributed by atoms with van der Waals surface area (Å²) in [4.78, 5) is 15.1. The third kappa shape index (κ3) is 6.00. The number of anilines is 2. The molecule has 2 aromatic carbocycles. The number of amides is 1. The Morgan fingerprint density at radius 2 is 1.70 bits per heavy atom. The maximum absolute atomic E-state index is 13.0. The molecule has 10 heteroatoms. The van der Waals surface area contributed by atoms with E-state index < -0.39 is 15.9 Å². The number of rotatable bonds is 6. The number of morpholine rings is 1. The van der Waals surface area contributed by atoms with Crippen LogP contribution in [0.4, 0.5) is 11.4 Å². The highest BCUT2D eigenvalue weighted by atomic mass is 35.5. The fourth-order valence-electron chi connectivity index (χ4n) is 4.17. The number of ether oxygens (including phenoxy) is 1. The minimum absolute atomic E-state index is 0.141. The maximum atomic E-state index is 13.0. The summed E-state index contributed by atoms with van der Waals surface area (Å²) in [6.45, 7) is 3.63. The number of nitrogens with one attached hydrogen (secondary N) is 1. The largest absolute Gasteiger partial charge is 0.378 e. The average molecular weight is 512 g/mol. The number of carbonyl (C=O) groups is 1. The van der Waals surface area contributed by atoms with Gasteiger partial charge in [0.15, 0.2) is 0 Å². The molecule has 33 heavy (non-hydrogen) atoms. The fraction of sp³-hybridized carbons (Fsp3) is 0.435. The molecule has 178 valence electrons. The molecule has 0 radical (unpaired) electrons. The number of piperidine rings is 1. The van der Waals surface area contributed by atoms with Crippen molar-refractivity contribution < 1.29 is 17.9 Å². The van der Waals surface area contributed by atoms with E-state index in [2.05, 4.69) is 10.2 Å². The minimum Gasteiger partial charge on any atom is -0.378 e. The molecule has 2 heterocycles. The van der Waals surface area contributed by atoms with Gasteiger partial charge in [-0.15, -0.1) is 0 Å². The molecule has 1 amide bonds. The molecule has 2 fully saturated rings. The Balaban J connectivity index is 1.38. The van der Waals surface area contributed by atoms with Crippen LogP contribution in [0.2, 0.25) is 10.0 Å². The van der Waals surface area contributed by atoms with Crippen molar-refractivity contribution in [3.05, 3.63) is 58.1 Å². The summed E-state index contributed by atoms with van der Waals surface area (Å²) in [5, 5.41) is 3.57. The molecule has 4 rings (SSSR count). The molecular formula is C23H27Cl2N3O4S. The van der Waals surface area contributed by atoms with Crippen LogP contribution in [0.25, 0.3) is 0 Å². The summed E-state index contributed by atoms with van der Waals surface area (Å²) in [5.74, 6) is -0.887. The van der Waals surface area contributed by atoms with Crippen LogP contribution in [-0.4, -0.2) is 58.0 Å². The lowest BCUT2D eigenvalue weighted by Gasteiger charge is -2.31. The molecule has 7 nitrogen and oxygen atoms in total. The highest BCUT2D eigenvalue weighted by Crippen LogP contribution is 2.29. The predicted octanol–water partition coefficient (Wildman–Crippen LogP) is 4.01. The van der Waals surface area contributed by atoms with Gasteiger partial charge in [0.25, 0.3) is 0 Å². The number of carbonyl (C=O) groups excluding carboxylic acids is 1. The molecule has 2 aromatic rings. The molecule has 2 saturated heterocycles. The van der Waals surface area contributed by atoms with Gasteiger partial charge < -0.3 is 15.0 Å². The van der Waals surface area contributed by atoms with Crippen molar-refractivity contribution in [3.8, 4) is 0 Å². The number of halogens is 2. The van der Waals surface area contributed by atoms with Crippen molar-refractivity contribution in [2.75, 3.05) is 49.6 Å². The Morgan fingerprint density at radius 3 is 2.36 bits per heavy atom. The molecule has 0 saturated carbocycles. The quantitative estimate of drug-likeness (QED) is 0.633. The summed E-state index contributed by atoms with van der Waals surface area (Å²) >= 11 is 12.3. The minimum atomic E-state index is -3.67. The Hall–Kier alpha value is -1.84. The van der Waals surface area contributed by atoms with E-state index in [1.807, 2.05) is 24.3 Å². The molecule has 0 unspecified atom stereocenters. The van der Waals surface area contributed by atoms with Crippen LogP contribution in [-0.2, 0) is 25.3 Å². The van der Waals surface area contributed by atoms with E-state index in [0.717, 1.165) is 18.8 Å². The first kappa shape index (κ1) is 24.3. The lowest BCUT2D eigenvalue weighted by molar-refractivity contribution is -0.120. The normalized spacial score (nSPS) is 19.9. The molecule has 2 aliphatic heterocycles. The molecule has 2 aliphatic rings. The van der Waals surface area contributed by atoms with Crippen molar-refractivity contribution >= 4 is 50.5 Å². The molecule has 0 aromatic heterocycles. The lowest BCUT2D eigenvalue weighted by Crippen LogP contribution is -2.44. The summed E-state index contributed by atoms with van der Waals surface area (Å²) in [6.07, 6.45) is 1.25. The topological polar surface area (TPSA) is 79.0 Å². The van der Waals surface area contributed by atoms with E-state index in [9.17, 15) is 13.2 Å². The van der Waals surface area contributed by atoms with E-state index in [4.69, 9.17) is 27.9 Å². The standard InChI is InChI=1S/C23H27Cl2N3O4S/c24-21-4-1-5-22(25)20(21)16-33(30,31)28-10-2-3-17(15-28)23(29)26-18-6-8-19(9-7-18)27-11-13-32-14-12-27/h1,4-9,17H,2-3,10-16H2,(H,26,29)/t17-/m1/s1. The first-order valence-corrected chi connectivity index (χ1v) is 13.3. The maximum Gasteiger partial charge on any atom is 0.228 e. The van der Waals surface area contributed by atoms with Gasteiger partial charge >= 0.3 is 0 Å². The van der Waals surface area contributed by atoms with Gasteiger partial charge in [0.05, 0.1) is 24.9 Å². The van der Waals surface area contributed by atoms with Crippen LogP contribution in [0.15, 0.2) is 42.5 Å². The molecule has 1 N–H and O–H groups in total. The second-order valence-electron chi connectivity index (χ2n) is 8.29. The van der Waals surface area contributed by atoms with Crippen LogP contribution in [0.1, 0.15) is 18.4 Å². The smallest absolute Gasteiger partial charge is 0.228 e. The first-order valence-electron chi connectivity index (χ1n) is 11.0. The highest BCUT2D eigenvalue weighted by molar-refractivity contribution is 7.88. The van der Waals surface area contributed by atoms with Crippen LogP contribution in [0.5, 0.6) is 0 Å². The fourth-order valence-corrected chi connectivity index (χ4v) is 6.54. The second kappa shape index (κ2) is 10.6. The van der Waals surface area contributed by atoms with Gasteiger partial charge in [-0.05, 0) is 49.2 Å². The van der Waals surface area contributed by atoms with E-state index in [0.29, 0.717) is 53.9 Å². The number of hydrogen-bond donors (Lipinski definition) is 1. The van der Waals surface area contributed by atoms with Gasteiger partial charge in [0, 0.05) is 53.2 Å². The average Bonchev–Trinajstić information content (AvgIpc) is 2.83. The second-order valence-corrected chi connectivity index (χ2v) is 11.1.